The molecule has 4 nitrogen and oxygen atoms in total. The standard InChI is InChI=1S/C14H10F3N3O/c1-7-4-9(14(15,16)17)6-11(21)12(7)10-5-8-2-3-18-13(8)20-19-10/h2-6,21H,1H3,(H,18,20). The van der Waals surface area contributed by atoms with Gasteiger partial charge in [-0.25, -0.2) is 0 Å². The molecule has 2 N–H and O–H groups in total. The van der Waals surface area contributed by atoms with Crippen molar-refractivity contribution in [3.05, 3.63) is 41.6 Å². The molecule has 0 atom stereocenters. The molecule has 108 valence electrons. The Bertz CT molecular complexity index is 801. The summed E-state index contributed by atoms with van der Waals surface area (Å²) in [6.45, 7) is 1.49. The van der Waals surface area contributed by atoms with E-state index in [1.165, 1.54) is 6.92 Å². The van der Waals surface area contributed by atoms with Crippen LogP contribution >= 0.6 is 0 Å². The fourth-order valence-electron chi connectivity index (χ4n) is 2.24. The van der Waals surface area contributed by atoms with Gasteiger partial charge in [-0.15, -0.1) is 10.2 Å². The first-order chi connectivity index (χ1) is 9.86. The molecule has 0 aliphatic heterocycles. The molecule has 0 bridgehead atoms. The summed E-state index contributed by atoms with van der Waals surface area (Å²) >= 11 is 0. The van der Waals surface area contributed by atoms with Crippen LogP contribution in [0.25, 0.3) is 22.3 Å². The fourth-order valence-corrected chi connectivity index (χ4v) is 2.24. The quantitative estimate of drug-likeness (QED) is 0.719. The summed E-state index contributed by atoms with van der Waals surface area (Å²) in [6, 6.07) is 5.11. The van der Waals surface area contributed by atoms with Crippen LogP contribution in [0.5, 0.6) is 5.75 Å². The van der Waals surface area contributed by atoms with Gasteiger partial charge in [-0.3, -0.25) is 0 Å². The molecule has 0 saturated heterocycles. The molecule has 0 fully saturated rings. The van der Waals surface area contributed by atoms with Gasteiger partial charge in [-0.2, -0.15) is 13.2 Å². The van der Waals surface area contributed by atoms with E-state index < -0.39 is 17.5 Å². The van der Waals surface area contributed by atoms with Crippen LogP contribution in [0, 0.1) is 6.92 Å². The summed E-state index contributed by atoms with van der Waals surface area (Å²) in [7, 11) is 0. The van der Waals surface area contributed by atoms with E-state index in [0.717, 1.165) is 11.5 Å². The third-order valence-electron chi connectivity index (χ3n) is 3.20. The number of hydrogen-bond acceptors (Lipinski definition) is 3. The SMILES string of the molecule is Cc1cc(C(F)(F)F)cc(O)c1-c1cc2cc[nH]c2nn1. The van der Waals surface area contributed by atoms with E-state index in [2.05, 4.69) is 15.2 Å². The minimum absolute atomic E-state index is 0.249. The number of alkyl halides is 3. The number of phenols is 1. The highest BCUT2D eigenvalue weighted by atomic mass is 19.4. The van der Waals surface area contributed by atoms with Crippen molar-refractivity contribution in [2.24, 2.45) is 0 Å². The number of aromatic hydroxyl groups is 1. The van der Waals surface area contributed by atoms with E-state index in [4.69, 9.17) is 0 Å². The molecule has 2 aromatic heterocycles. The number of halogens is 3. The Kier molecular flexibility index (Phi) is 2.86. The predicted octanol–water partition coefficient (Wildman–Crippen LogP) is 3.66. The lowest BCUT2D eigenvalue weighted by atomic mass is 10.0. The van der Waals surface area contributed by atoms with Crippen LogP contribution in [0.2, 0.25) is 0 Å². The third kappa shape index (κ3) is 2.31. The lowest BCUT2D eigenvalue weighted by molar-refractivity contribution is -0.137. The summed E-state index contributed by atoms with van der Waals surface area (Å²) in [5.41, 5.74) is 0.538. The molecule has 0 aliphatic carbocycles. The normalized spacial score (nSPS) is 12.0. The van der Waals surface area contributed by atoms with Gasteiger partial charge in [0.2, 0.25) is 0 Å². The average molecular weight is 293 g/mol. The number of aromatic nitrogens is 3. The molecule has 7 heteroatoms. The number of aryl methyl sites for hydroxylation is 1. The topological polar surface area (TPSA) is 61.8 Å². The van der Waals surface area contributed by atoms with Crippen molar-refractivity contribution in [3.63, 3.8) is 0 Å². The lowest BCUT2D eigenvalue weighted by Gasteiger charge is -2.12. The van der Waals surface area contributed by atoms with Crippen molar-refractivity contribution in [2.75, 3.05) is 0 Å². The zero-order valence-electron chi connectivity index (χ0n) is 10.9. The molecule has 3 aromatic rings. The summed E-state index contributed by atoms with van der Waals surface area (Å²) in [4.78, 5) is 2.87. The number of nitrogens with zero attached hydrogens (tertiary/aromatic N) is 2. The second-order valence-electron chi connectivity index (χ2n) is 4.70. The molecule has 0 spiro atoms. The van der Waals surface area contributed by atoms with Gasteiger partial charge in [0.05, 0.1) is 11.3 Å². The van der Waals surface area contributed by atoms with Gasteiger partial charge in [0.1, 0.15) is 5.75 Å². The number of aromatic amines is 1. The van der Waals surface area contributed by atoms with Crippen LogP contribution in [0.3, 0.4) is 0 Å². The van der Waals surface area contributed by atoms with E-state index in [1.807, 2.05) is 0 Å². The van der Waals surface area contributed by atoms with Gasteiger partial charge in [0.25, 0.3) is 0 Å². The summed E-state index contributed by atoms with van der Waals surface area (Å²) in [5.74, 6) is -0.466. The minimum Gasteiger partial charge on any atom is -0.507 e. The number of H-pyrrole nitrogens is 1. The molecule has 0 saturated carbocycles. The van der Waals surface area contributed by atoms with Gasteiger partial charge in [-0.1, -0.05) is 0 Å². The maximum Gasteiger partial charge on any atom is 0.416 e. The number of rotatable bonds is 1. The Morgan fingerprint density at radius 2 is 1.90 bits per heavy atom. The molecular formula is C14H10F3N3O. The summed E-state index contributed by atoms with van der Waals surface area (Å²) < 4.78 is 38.1. The Balaban J connectivity index is 2.18. The van der Waals surface area contributed by atoms with Crippen LogP contribution in [-0.2, 0) is 6.18 Å². The zero-order valence-corrected chi connectivity index (χ0v) is 10.9. The number of fused-ring (bicyclic) bond motifs is 1. The van der Waals surface area contributed by atoms with Crippen LogP contribution < -0.4 is 0 Å². The predicted molar refractivity (Wildman–Crippen MR) is 70.7 cm³/mol. The van der Waals surface area contributed by atoms with Crippen molar-refractivity contribution in [3.8, 4) is 17.0 Å². The molecular weight excluding hydrogens is 283 g/mol. The number of nitrogens with one attached hydrogen (secondary N) is 1. The highest BCUT2D eigenvalue weighted by Gasteiger charge is 2.32. The van der Waals surface area contributed by atoms with E-state index in [-0.39, 0.29) is 11.1 Å². The third-order valence-corrected chi connectivity index (χ3v) is 3.20. The van der Waals surface area contributed by atoms with Crippen molar-refractivity contribution >= 4 is 11.0 Å². The van der Waals surface area contributed by atoms with Crippen molar-refractivity contribution in [1.29, 1.82) is 0 Å². The summed E-state index contributed by atoms with van der Waals surface area (Å²) in [6.07, 6.45) is -2.82. The van der Waals surface area contributed by atoms with Crippen molar-refractivity contribution in [1.82, 2.24) is 15.2 Å². The monoisotopic (exact) mass is 293 g/mol. The van der Waals surface area contributed by atoms with Gasteiger partial charge >= 0.3 is 6.18 Å². The molecule has 0 aliphatic rings. The maximum absolute atomic E-state index is 12.7. The van der Waals surface area contributed by atoms with Crippen molar-refractivity contribution < 1.29 is 18.3 Å². The zero-order chi connectivity index (χ0) is 15.2. The first-order valence-electron chi connectivity index (χ1n) is 6.08. The van der Waals surface area contributed by atoms with Gasteiger partial charge < -0.3 is 10.1 Å². The van der Waals surface area contributed by atoms with E-state index in [1.54, 1.807) is 18.3 Å². The Morgan fingerprint density at radius 1 is 1.14 bits per heavy atom. The highest BCUT2D eigenvalue weighted by Crippen LogP contribution is 2.38. The number of benzene rings is 1. The fraction of sp³-hybridized carbons (Fsp3) is 0.143. The molecule has 3 rings (SSSR count). The Hall–Kier alpha value is -2.57. The van der Waals surface area contributed by atoms with Gasteiger partial charge in [0, 0.05) is 17.1 Å². The number of hydrogen-bond donors (Lipinski definition) is 2. The molecule has 21 heavy (non-hydrogen) atoms. The molecule has 0 radical (unpaired) electrons. The molecule has 2 heterocycles. The smallest absolute Gasteiger partial charge is 0.416 e. The average Bonchev–Trinajstić information content (AvgIpc) is 2.84. The van der Waals surface area contributed by atoms with Crippen LogP contribution in [0.4, 0.5) is 13.2 Å². The summed E-state index contributed by atoms with van der Waals surface area (Å²) in [5, 5.41) is 18.6. The highest BCUT2D eigenvalue weighted by molar-refractivity contribution is 5.81. The maximum atomic E-state index is 12.7. The Morgan fingerprint density at radius 3 is 2.57 bits per heavy atom. The first-order valence-corrected chi connectivity index (χ1v) is 6.08. The van der Waals surface area contributed by atoms with E-state index in [0.29, 0.717) is 17.4 Å². The van der Waals surface area contributed by atoms with Gasteiger partial charge in [0.15, 0.2) is 5.65 Å². The van der Waals surface area contributed by atoms with E-state index >= 15 is 0 Å². The minimum atomic E-state index is -4.50. The van der Waals surface area contributed by atoms with Gasteiger partial charge in [-0.05, 0) is 36.8 Å². The van der Waals surface area contributed by atoms with E-state index in [9.17, 15) is 18.3 Å². The first kappa shape index (κ1) is 13.4. The molecule has 0 unspecified atom stereocenters. The van der Waals surface area contributed by atoms with Crippen LogP contribution in [0.1, 0.15) is 11.1 Å². The lowest BCUT2D eigenvalue weighted by Crippen LogP contribution is -2.05. The largest absolute Gasteiger partial charge is 0.507 e. The van der Waals surface area contributed by atoms with Crippen molar-refractivity contribution in [2.45, 2.75) is 13.1 Å². The van der Waals surface area contributed by atoms with Crippen LogP contribution in [-0.4, -0.2) is 20.3 Å². The second kappa shape index (κ2) is 4.47. The number of phenolic OH excluding ortho intramolecular Hbond substituents is 1. The molecule has 0 amide bonds. The Labute approximate surface area is 117 Å². The second-order valence-corrected chi connectivity index (χ2v) is 4.70. The molecule has 1 aromatic carbocycles. The van der Waals surface area contributed by atoms with Crippen LogP contribution in [0.15, 0.2) is 30.5 Å².